The van der Waals surface area contributed by atoms with E-state index in [2.05, 4.69) is 0 Å². The van der Waals surface area contributed by atoms with E-state index in [4.69, 9.17) is 9.29 Å². The summed E-state index contributed by atoms with van der Waals surface area (Å²) >= 11 is 0. The minimum atomic E-state index is -4.36. The molecule has 78 valence electrons. The topological polar surface area (TPSA) is 80.7 Å². The molecule has 0 radical (unpaired) electrons. The normalized spacial score (nSPS) is 10.3. The van der Waals surface area contributed by atoms with Crippen LogP contribution in [-0.2, 0) is 10.1 Å². The Hall–Kier alpha value is -0.400. The summed E-state index contributed by atoms with van der Waals surface area (Å²) in [5.74, 6) is -0.00176. The molecule has 1 aromatic rings. The van der Waals surface area contributed by atoms with Crippen LogP contribution in [0.15, 0.2) is 23.1 Å². The molecule has 0 aliphatic rings. The predicted molar refractivity (Wildman–Crippen MR) is 55.3 cm³/mol. The number of aldehydes is 1. The number of methoxy groups -OCH3 is 1. The Labute approximate surface area is 109 Å². The van der Waals surface area contributed by atoms with Gasteiger partial charge in [0.25, 0.3) is 10.1 Å². The second kappa shape index (κ2) is 5.62. The fourth-order valence-electron chi connectivity index (χ4n) is 0.968. The van der Waals surface area contributed by atoms with E-state index in [1.54, 1.807) is 0 Å². The summed E-state index contributed by atoms with van der Waals surface area (Å²) in [5, 5.41) is 0. The molecule has 1 rings (SSSR count). The second-order valence-corrected chi connectivity index (χ2v) is 3.89. The number of rotatable bonds is 3. The first kappa shape index (κ1) is 14.6. The van der Waals surface area contributed by atoms with Crippen molar-refractivity contribution < 1.29 is 22.5 Å². The van der Waals surface area contributed by atoms with Gasteiger partial charge in [0.15, 0.2) is 0 Å². The van der Waals surface area contributed by atoms with Crippen LogP contribution in [0.3, 0.4) is 0 Å². The first-order valence-electron chi connectivity index (χ1n) is 3.59. The number of carbonyl (C=O) groups is 1. The van der Waals surface area contributed by atoms with Crippen molar-refractivity contribution in [3.05, 3.63) is 23.8 Å². The zero-order chi connectivity index (χ0) is 10.8. The Bertz CT molecular complexity index is 454. The van der Waals surface area contributed by atoms with E-state index in [0.29, 0.717) is 6.29 Å². The molecule has 0 atom stereocenters. The second-order valence-electron chi connectivity index (χ2n) is 2.50. The molecule has 0 unspecified atom stereocenters. The Balaban J connectivity index is 0.00000196. The summed E-state index contributed by atoms with van der Waals surface area (Å²) in [6.45, 7) is 0. The molecule has 5 nitrogen and oxygen atoms in total. The molecular weight excluding hydrogens is 231 g/mol. The number of hydrogen-bond acceptors (Lipinski definition) is 4. The van der Waals surface area contributed by atoms with Gasteiger partial charge in [-0.15, -0.1) is 0 Å². The van der Waals surface area contributed by atoms with E-state index in [1.807, 2.05) is 0 Å². The third-order valence-electron chi connectivity index (χ3n) is 1.60. The van der Waals surface area contributed by atoms with E-state index in [9.17, 15) is 13.2 Å². The molecule has 0 bridgehead atoms. The predicted octanol–water partition coefficient (Wildman–Crippen LogP) is 0.106. The van der Waals surface area contributed by atoms with Gasteiger partial charge in [0, 0.05) is 5.56 Å². The first-order chi connectivity index (χ1) is 6.49. The van der Waals surface area contributed by atoms with Crippen LogP contribution in [-0.4, -0.2) is 55.9 Å². The standard InChI is InChI=1S/C8H8O5S.Na.H/c1-13-7-3-2-6(5-9)4-8(7)14(10,11)12;;/h2-5H,1H3,(H,10,11,12);;. The van der Waals surface area contributed by atoms with Crippen molar-refractivity contribution in [2.24, 2.45) is 0 Å². The molecule has 7 heteroatoms. The van der Waals surface area contributed by atoms with Gasteiger partial charge in [0.05, 0.1) is 7.11 Å². The van der Waals surface area contributed by atoms with E-state index in [1.165, 1.54) is 19.2 Å². The number of hydrogen-bond donors (Lipinski definition) is 1. The molecule has 1 N–H and O–H groups in total. The van der Waals surface area contributed by atoms with Crippen molar-refractivity contribution in [3.63, 3.8) is 0 Å². The van der Waals surface area contributed by atoms with Gasteiger partial charge in [-0.1, -0.05) is 0 Å². The molecule has 15 heavy (non-hydrogen) atoms. The third kappa shape index (κ3) is 3.58. The van der Waals surface area contributed by atoms with Gasteiger partial charge < -0.3 is 4.74 Å². The molecule has 0 saturated carbocycles. The Kier molecular flexibility index (Phi) is 5.47. The molecule has 0 spiro atoms. The fraction of sp³-hybridized carbons (Fsp3) is 0.125. The number of benzene rings is 1. The van der Waals surface area contributed by atoms with E-state index < -0.39 is 15.0 Å². The van der Waals surface area contributed by atoms with Crippen LogP contribution in [0, 0.1) is 0 Å². The molecule has 0 aliphatic carbocycles. The molecule has 0 aromatic heterocycles. The van der Waals surface area contributed by atoms with Crippen molar-refractivity contribution >= 4 is 46.0 Å². The van der Waals surface area contributed by atoms with E-state index >= 15 is 0 Å². The molecule has 0 aliphatic heterocycles. The zero-order valence-corrected chi connectivity index (χ0v) is 8.11. The summed E-state index contributed by atoms with van der Waals surface area (Å²) in [7, 11) is -3.09. The van der Waals surface area contributed by atoms with Crippen molar-refractivity contribution in [2.45, 2.75) is 4.90 Å². The average molecular weight is 240 g/mol. The van der Waals surface area contributed by atoms with Crippen molar-refractivity contribution in [2.75, 3.05) is 7.11 Å². The number of ether oxygens (including phenoxy) is 1. The van der Waals surface area contributed by atoms with Gasteiger partial charge in [-0.05, 0) is 18.2 Å². The van der Waals surface area contributed by atoms with Crippen molar-refractivity contribution in [3.8, 4) is 5.75 Å². The maximum atomic E-state index is 10.8. The average Bonchev–Trinajstić information content (AvgIpc) is 2.15. The van der Waals surface area contributed by atoms with Crippen molar-refractivity contribution in [1.82, 2.24) is 0 Å². The van der Waals surface area contributed by atoms with Crippen molar-refractivity contribution in [1.29, 1.82) is 0 Å². The molecule has 1 aromatic carbocycles. The Morgan fingerprint density at radius 2 is 2.00 bits per heavy atom. The summed E-state index contributed by atoms with van der Waals surface area (Å²) in [6.07, 6.45) is 0.480. The summed E-state index contributed by atoms with van der Waals surface area (Å²) in [5.41, 5.74) is 0.151. The Morgan fingerprint density at radius 3 is 2.40 bits per heavy atom. The molecule has 0 amide bonds. The zero-order valence-electron chi connectivity index (χ0n) is 7.30. The monoisotopic (exact) mass is 240 g/mol. The molecule has 0 saturated heterocycles. The van der Waals surface area contributed by atoms with Gasteiger partial charge in [-0.25, -0.2) is 0 Å². The van der Waals surface area contributed by atoms with Crippen LogP contribution >= 0.6 is 0 Å². The molecular formula is C8H9NaO5S. The fourth-order valence-corrected chi connectivity index (χ4v) is 1.66. The molecule has 0 fully saturated rings. The van der Waals surface area contributed by atoms with Gasteiger partial charge in [-0.2, -0.15) is 8.42 Å². The van der Waals surface area contributed by atoms with Gasteiger partial charge >= 0.3 is 29.6 Å². The van der Waals surface area contributed by atoms with Crippen LogP contribution in [0.25, 0.3) is 0 Å². The van der Waals surface area contributed by atoms with Crippen LogP contribution in [0.5, 0.6) is 5.75 Å². The molecule has 0 heterocycles. The summed E-state index contributed by atoms with van der Waals surface area (Å²) in [6, 6.07) is 3.73. The quantitative estimate of drug-likeness (QED) is 0.460. The van der Waals surface area contributed by atoms with E-state index in [0.717, 1.165) is 6.07 Å². The van der Waals surface area contributed by atoms with Crippen LogP contribution in [0.4, 0.5) is 0 Å². The minimum absolute atomic E-state index is 0. The maximum absolute atomic E-state index is 10.8. The Morgan fingerprint density at radius 1 is 1.40 bits per heavy atom. The first-order valence-corrected chi connectivity index (χ1v) is 5.03. The number of carbonyl (C=O) groups excluding carboxylic acids is 1. The van der Waals surface area contributed by atoms with Gasteiger partial charge in [0.1, 0.15) is 16.9 Å². The third-order valence-corrected chi connectivity index (χ3v) is 2.48. The van der Waals surface area contributed by atoms with Crippen LogP contribution in [0.1, 0.15) is 10.4 Å². The van der Waals surface area contributed by atoms with Crippen LogP contribution < -0.4 is 4.74 Å². The van der Waals surface area contributed by atoms with Crippen LogP contribution in [0.2, 0.25) is 0 Å². The summed E-state index contributed by atoms with van der Waals surface area (Å²) < 4.78 is 35.2. The summed E-state index contributed by atoms with van der Waals surface area (Å²) in [4.78, 5) is 9.96. The SMILES string of the molecule is COc1ccc(C=O)cc1S(=O)(=O)O.[NaH]. The van der Waals surface area contributed by atoms with Gasteiger partial charge in [0.2, 0.25) is 0 Å². The van der Waals surface area contributed by atoms with E-state index in [-0.39, 0.29) is 40.9 Å². The van der Waals surface area contributed by atoms with Gasteiger partial charge in [-0.3, -0.25) is 9.35 Å².